The fourth-order valence-electron chi connectivity index (χ4n) is 1.85. The topological polar surface area (TPSA) is 100 Å². The lowest BCUT2D eigenvalue weighted by molar-refractivity contribution is -0.137. The van der Waals surface area contributed by atoms with Crippen LogP contribution in [0, 0.1) is 5.92 Å². The van der Waals surface area contributed by atoms with Crippen LogP contribution >= 0.6 is 0 Å². The average Bonchev–Trinajstić information content (AvgIpc) is 3.15. The number of carboxylic acid groups (broad SMARTS) is 1. The first-order valence-corrected chi connectivity index (χ1v) is 6.51. The van der Waals surface area contributed by atoms with Gasteiger partial charge in [-0.25, -0.2) is 0 Å². The van der Waals surface area contributed by atoms with E-state index >= 15 is 0 Å². The molecule has 1 heterocycles. The molecule has 1 aliphatic carbocycles. The molecule has 1 saturated carbocycles. The molecule has 2 amide bonds. The van der Waals surface area contributed by atoms with E-state index in [2.05, 4.69) is 10.6 Å². The summed E-state index contributed by atoms with van der Waals surface area (Å²) < 4.78 is 1.36. The third-order valence-electron chi connectivity index (χ3n) is 3.03. The molecule has 20 heavy (non-hydrogen) atoms. The maximum absolute atomic E-state index is 11.9. The van der Waals surface area contributed by atoms with Crippen molar-refractivity contribution in [2.24, 2.45) is 5.92 Å². The van der Waals surface area contributed by atoms with Gasteiger partial charge in [0, 0.05) is 25.2 Å². The first-order chi connectivity index (χ1) is 9.58. The SMILES string of the molecule is O=C(O)Cn1cccc1C(=O)NCCNC(=O)C1CC1. The minimum Gasteiger partial charge on any atom is -0.480 e. The van der Waals surface area contributed by atoms with Crippen LogP contribution in [-0.4, -0.2) is 40.5 Å². The van der Waals surface area contributed by atoms with E-state index < -0.39 is 5.97 Å². The van der Waals surface area contributed by atoms with Crippen molar-refractivity contribution in [2.45, 2.75) is 19.4 Å². The highest BCUT2D eigenvalue weighted by Gasteiger charge is 2.29. The third-order valence-corrected chi connectivity index (χ3v) is 3.03. The summed E-state index contributed by atoms with van der Waals surface area (Å²) in [6.07, 6.45) is 3.43. The van der Waals surface area contributed by atoms with E-state index in [-0.39, 0.29) is 24.3 Å². The van der Waals surface area contributed by atoms with Crippen molar-refractivity contribution >= 4 is 17.8 Å². The largest absolute Gasteiger partial charge is 0.480 e. The van der Waals surface area contributed by atoms with Crippen LogP contribution in [0.5, 0.6) is 0 Å². The Morgan fingerprint density at radius 2 is 1.95 bits per heavy atom. The minimum absolute atomic E-state index is 0.0356. The summed E-state index contributed by atoms with van der Waals surface area (Å²) in [6, 6.07) is 3.17. The summed E-state index contributed by atoms with van der Waals surface area (Å²) in [6.45, 7) is 0.435. The number of carbonyl (C=O) groups excluding carboxylic acids is 2. The molecule has 1 aromatic heterocycles. The Bertz CT molecular complexity index is 519. The Kier molecular flexibility index (Phi) is 4.39. The average molecular weight is 279 g/mol. The second-order valence-electron chi connectivity index (χ2n) is 4.74. The highest BCUT2D eigenvalue weighted by Crippen LogP contribution is 2.28. The highest BCUT2D eigenvalue weighted by molar-refractivity contribution is 5.93. The first kappa shape index (κ1) is 14.1. The molecule has 0 atom stereocenters. The number of aromatic nitrogens is 1. The molecule has 7 nitrogen and oxygen atoms in total. The van der Waals surface area contributed by atoms with Crippen LogP contribution in [-0.2, 0) is 16.1 Å². The van der Waals surface area contributed by atoms with Crippen LogP contribution in [0.1, 0.15) is 23.3 Å². The molecule has 3 N–H and O–H groups in total. The molecule has 0 radical (unpaired) electrons. The lowest BCUT2D eigenvalue weighted by Crippen LogP contribution is -2.36. The van der Waals surface area contributed by atoms with Gasteiger partial charge in [0.05, 0.1) is 0 Å². The number of rotatable bonds is 7. The van der Waals surface area contributed by atoms with Crippen LogP contribution in [0.15, 0.2) is 18.3 Å². The van der Waals surface area contributed by atoms with E-state index in [0.29, 0.717) is 18.8 Å². The van der Waals surface area contributed by atoms with Gasteiger partial charge in [-0.1, -0.05) is 0 Å². The van der Waals surface area contributed by atoms with Gasteiger partial charge >= 0.3 is 5.97 Å². The number of amides is 2. The zero-order valence-corrected chi connectivity index (χ0v) is 11.0. The normalized spacial score (nSPS) is 13.8. The molecule has 1 aromatic rings. The fourth-order valence-corrected chi connectivity index (χ4v) is 1.85. The van der Waals surface area contributed by atoms with Crippen molar-refractivity contribution in [3.05, 3.63) is 24.0 Å². The monoisotopic (exact) mass is 279 g/mol. The molecule has 0 spiro atoms. The number of nitrogens with one attached hydrogen (secondary N) is 2. The number of carbonyl (C=O) groups is 3. The minimum atomic E-state index is -1.01. The molecule has 0 bridgehead atoms. The summed E-state index contributed by atoms with van der Waals surface area (Å²) in [7, 11) is 0. The predicted molar refractivity (Wildman–Crippen MR) is 70.1 cm³/mol. The predicted octanol–water partition coefficient (Wildman–Crippen LogP) is -0.171. The van der Waals surface area contributed by atoms with Gasteiger partial charge in [-0.3, -0.25) is 14.4 Å². The van der Waals surface area contributed by atoms with Crippen LogP contribution in [0.2, 0.25) is 0 Å². The van der Waals surface area contributed by atoms with Gasteiger partial charge in [0.25, 0.3) is 5.91 Å². The zero-order chi connectivity index (χ0) is 14.5. The summed E-state index contributed by atoms with van der Waals surface area (Å²) in [5.41, 5.74) is 0.293. The van der Waals surface area contributed by atoms with Gasteiger partial charge in [0.1, 0.15) is 12.2 Å². The zero-order valence-electron chi connectivity index (χ0n) is 11.0. The smallest absolute Gasteiger partial charge is 0.323 e. The molecule has 0 saturated heterocycles. The molecule has 108 valence electrons. The van der Waals surface area contributed by atoms with E-state index in [1.165, 1.54) is 10.8 Å². The summed E-state index contributed by atoms with van der Waals surface area (Å²) in [5, 5.41) is 14.1. The maximum Gasteiger partial charge on any atom is 0.323 e. The Morgan fingerprint density at radius 3 is 2.60 bits per heavy atom. The van der Waals surface area contributed by atoms with Crippen molar-refractivity contribution < 1.29 is 19.5 Å². The Morgan fingerprint density at radius 1 is 1.25 bits per heavy atom. The van der Waals surface area contributed by atoms with Crippen LogP contribution < -0.4 is 10.6 Å². The van der Waals surface area contributed by atoms with E-state index in [1.54, 1.807) is 12.1 Å². The summed E-state index contributed by atoms with van der Waals surface area (Å²) in [4.78, 5) is 33.9. The molecule has 0 unspecified atom stereocenters. The highest BCUT2D eigenvalue weighted by atomic mass is 16.4. The van der Waals surface area contributed by atoms with E-state index in [4.69, 9.17) is 5.11 Å². The van der Waals surface area contributed by atoms with E-state index in [1.807, 2.05) is 0 Å². The quantitative estimate of drug-likeness (QED) is 0.603. The van der Waals surface area contributed by atoms with Gasteiger partial charge in [-0.2, -0.15) is 0 Å². The number of hydrogen-bond acceptors (Lipinski definition) is 3. The summed E-state index contributed by atoms with van der Waals surface area (Å²) >= 11 is 0. The second-order valence-corrected chi connectivity index (χ2v) is 4.74. The Labute approximate surface area is 116 Å². The Balaban J connectivity index is 1.75. The fraction of sp³-hybridized carbons (Fsp3) is 0.462. The van der Waals surface area contributed by atoms with Crippen molar-refractivity contribution in [3.63, 3.8) is 0 Å². The maximum atomic E-state index is 11.9. The molecule has 1 fully saturated rings. The molecule has 0 aliphatic heterocycles. The number of hydrogen-bond donors (Lipinski definition) is 3. The van der Waals surface area contributed by atoms with Crippen LogP contribution in [0.25, 0.3) is 0 Å². The molecular formula is C13H17N3O4. The lowest BCUT2D eigenvalue weighted by Gasteiger charge is -2.08. The van der Waals surface area contributed by atoms with E-state index in [9.17, 15) is 14.4 Å². The first-order valence-electron chi connectivity index (χ1n) is 6.51. The van der Waals surface area contributed by atoms with Gasteiger partial charge in [-0.15, -0.1) is 0 Å². The van der Waals surface area contributed by atoms with Gasteiger partial charge < -0.3 is 20.3 Å². The standard InChI is InChI=1S/C13H17N3O4/c17-11(18)8-16-7-1-2-10(16)13(20)15-6-5-14-12(19)9-3-4-9/h1-2,7,9H,3-6,8H2,(H,14,19)(H,15,20)(H,17,18). The number of carboxylic acids is 1. The molecule has 0 aromatic carbocycles. The van der Waals surface area contributed by atoms with Crippen LogP contribution in [0.3, 0.4) is 0 Å². The van der Waals surface area contributed by atoms with Gasteiger partial charge in [0.2, 0.25) is 5.91 Å². The van der Waals surface area contributed by atoms with E-state index in [0.717, 1.165) is 12.8 Å². The third kappa shape index (κ3) is 3.84. The van der Waals surface area contributed by atoms with Gasteiger partial charge in [-0.05, 0) is 25.0 Å². The molecule has 7 heteroatoms. The van der Waals surface area contributed by atoms with Crippen molar-refractivity contribution in [3.8, 4) is 0 Å². The molecular weight excluding hydrogens is 262 g/mol. The summed E-state index contributed by atoms with van der Waals surface area (Å²) in [5.74, 6) is -1.17. The second kappa shape index (κ2) is 6.23. The lowest BCUT2D eigenvalue weighted by atomic mass is 10.3. The number of nitrogens with zero attached hydrogens (tertiary/aromatic N) is 1. The van der Waals surface area contributed by atoms with Gasteiger partial charge in [0.15, 0.2) is 0 Å². The molecule has 2 rings (SSSR count). The van der Waals surface area contributed by atoms with Crippen molar-refractivity contribution in [1.29, 1.82) is 0 Å². The number of aliphatic carboxylic acids is 1. The van der Waals surface area contributed by atoms with Crippen molar-refractivity contribution in [2.75, 3.05) is 13.1 Å². The van der Waals surface area contributed by atoms with Crippen LogP contribution in [0.4, 0.5) is 0 Å². The molecule has 1 aliphatic rings. The van der Waals surface area contributed by atoms with Crippen molar-refractivity contribution in [1.82, 2.24) is 15.2 Å². The Hall–Kier alpha value is -2.31.